The summed E-state index contributed by atoms with van der Waals surface area (Å²) < 4.78 is 5.54. The fourth-order valence-electron chi connectivity index (χ4n) is 8.19. The highest BCUT2D eigenvalue weighted by atomic mass is 16.5. The van der Waals surface area contributed by atoms with Crippen molar-refractivity contribution in [3.63, 3.8) is 0 Å². The van der Waals surface area contributed by atoms with Crippen LogP contribution in [0.2, 0.25) is 0 Å². The molecule has 3 heteroatoms. The maximum absolute atomic E-state index is 12.4. The maximum atomic E-state index is 12.4. The van der Waals surface area contributed by atoms with Crippen molar-refractivity contribution in [3.05, 3.63) is 11.6 Å². The van der Waals surface area contributed by atoms with E-state index in [2.05, 4.69) is 26.8 Å². The quantitative estimate of drug-likeness (QED) is 0.486. The van der Waals surface area contributed by atoms with Gasteiger partial charge >= 0.3 is 5.97 Å². The minimum atomic E-state index is -0.151. The van der Waals surface area contributed by atoms with Gasteiger partial charge < -0.3 is 4.74 Å². The molecule has 3 nitrogen and oxygen atoms in total. The molecule has 0 bridgehead atoms. The van der Waals surface area contributed by atoms with Gasteiger partial charge in [0.15, 0.2) is 0 Å². The van der Waals surface area contributed by atoms with Crippen LogP contribution >= 0.6 is 0 Å². The summed E-state index contributed by atoms with van der Waals surface area (Å²) in [6.45, 7) is 10.5. The number of rotatable bonds is 2. The van der Waals surface area contributed by atoms with Crippen molar-refractivity contribution in [2.24, 2.45) is 40.4 Å². The second-order valence-corrected chi connectivity index (χ2v) is 10.6. The van der Waals surface area contributed by atoms with Crippen molar-refractivity contribution in [2.45, 2.75) is 85.7 Å². The van der Waals surface area contributed by atoms with Gasteiger partial charge in [0.1, 0.15) is 11.9 Å². The summed E-state index contributed by atoms with van der Waals surface area (Å²) in [5.41, 5.74) is 2.00. The molecular weight excluding hydrogens is 336 g/mol. The van der Waals surface area contributed by atoms with Crippen LogP contribution in [0.3, 0.4) is 0 Å². The van der Waals surface area contributed by atoms with Gasteiger partial charge in [0.05, 0.1) is 0 Å². The molecular formula is C24H36O3. The fourth-order valence-corrected chi connectivity index (χ4v) is 8.19. The summed E-state index contributed by atoms with van der Waals surface area (Å²) in [7, 11) is 0. The van der Waals surface area contributed by atoms with Crippen molar-refractivity contribution in [1.29, 1.82) is 0 Å². The minimum absolute atomic E-state index is 0.0702. The number of ether oxygens (including phenoxy) is 1. The standard InChI is InChI=1S/C24H36O3/c1-14-12-21-19-7-6-17-13-18(27-16(3)26)8-10-23(17,4)20(19)9-11-24(21,5)22(14)15(2)25/h6,14,18-22H,7-13H2,1-5H3/t14-,18-,19?,20?,21?,22+,23-,24-/m0/s1. The van der Waals surface area contributed by atoms with Crippen LogP contribution in [0, 0.1) is 40.4 Å². The van der Waals surface area contributed by atoms with Crippen molar-refractivity contribution < 1.29 is 14.3 Å². The number of hydrogen-bond donors (Lipinski definition) is 0. The molecule has 8 atom stereocenters. The van der Waals surface area contributed by atoms with Gasteiger partial charge in [0, 0.05) is 19.3 Å². The SMILES string of the molecule is CC(=O)O[C@H]1CC[C@@]2(C)C(=CCC3C2CC[C@@]2(C)C3C[C@H](C)[C@@H]2C(C)=O)C1. The lowest BCUT2D eigenvalue weighted by molar-refractivity contribution is -0.149. The third-order valence-corrected chi connectivity index (χ3v) is 9.17. The number of fused-ring (bicyclic) bond motifs is 5. The highest BCUT2D eigenvalue weighted by Gasteiger charge is 2.61. The van der Waals surface area contributed by atoms with E-state index in [4.69, 9.17) is 4.74 Å². The molecule has 0 radical (unpaired) electrons. The first-order valence-electron chi connectivity index (χ1n) is 11.0. The van der Waals surface area contributed by atoms with E-state index >= 15 is 0 Å². The lowest BCUT2D eigenvalue weighted by atomic mass is 9.47. The predicted octanol–water partition coefficient (Wildman–Crippen LogP) is 5.33. The van der Waals surface area contributed by atoms with Crippen molar-refractivity contribution in [3.8, 4) is 0 Å². The van der Waals surface area contributed by atoms with Crippen molar-refractivity contribution >= 4 is 11.8 Å². The summed E-state index contributed by atoms with van der Waals surface area (Å²) >= 11 is 0. The van der Waals surface area contributed by atoms with Gasteiger partial charge in [-0.3, -0.25) is 9.59 Å². The van der Waals surface area contributed by atoms with Gasteiger partial charge in [-0.15, -0.1) is 0 Å². The van der Waals surface area contributed by atoms with E-state index < -0.39 is 0 Å². The molecule has 0 spiro atoms. The van der Waals surface area contributed by atoms with Crippen molar-refractivity contribution in [1.82, 2.24) is 0 Å². The third-order valence-electron chi connectivity index (χ3n) is 9.17. The smallest absolute Gasteiger partial charge is 0.302 e. The van der Waals surface area contributed by atoms with Crippen LogP contribution in [0.4, 0.5) is 0 Å². The van der Waals surface area contributed by atoms with Crippen LogP contribution in [0.1, 0.15) is 79.6 Å². The number of hydrogen-bond acceptors (Lipinski definition) is 3. The van der Waals surface area contributed by atoms with Crippen LogP contribution in [0.5, 0.6) is 0 Å². The molecule has 27 heavy (non-hydrogen) atoms. The third kappa shape index (κ3) is 2.83. The zero-order valence-electron chi connectivity index (χ0n) is 17.7. The Morgan fingerprint density at radius 1 is 1.11 bits per heavy atom. The molecule has 0 aromatic heterocycles. The molecule has 0 aromatic carbocycles. The summed E-state index contributed by atoms with van der Waals surface area (Å²) in [5, 5.41) is 0. The molecule has 0 aliphatic heterocycles. The molecule has 0 N–H and O–H groups in total. The lowest BCUT2D eigenvalue weighted by Gasteiger charge is -2.58. The Kier molecular flexibility index (Phi) is 4.59. The highest BCUT2D eigenvalue weighted by Crippen LogP contribution is 2.67. The molecule has 4 aliphatic carbocycles. The Hall–Kier alpha value is -1.12. The van der Waals surface area contributed by atoms with Gasteiger partial charge in [-0.2, -0.15) is 0 Å². The monoisotopic (exact) mass is 372 g/mol. The number of carbonyl (C=O) groups excluding carboxylic acids is 2. The minimum Gasteiger partial charge on any atom is -0.462 e. The lowest BCUT2D eigenvalue weighted by Crippen LogP contribution is -2.51. The summed E-state index contributed by atoms with van der Waals surface area (Å²) in [4.78, 5) is 23.8. The normalized spacial score (nSPS) is 48.7. The average molecular weight is 373 g/mol. The fraction of sp³-hybridized carbons (Fsp3) is 0.833. The van der Waals surface area contributed by atoms with E-state index in [9.17, 15) is 9.59 Å². The number of allylic oxidation sites excluding steroid dienone is 1. The van der Waals surface area contributed by atoms with Crippen molar-refractivity contribution in [2.75, 3.05) is 0 Å². The zero-order valence-corrected chi connectivity index (χ0v) is 17.7. The van der Waals surface area contributed by atoms with E-state index in [1.54, 1.807) is 5.57 Å². The first kappa shape index (κ1) is 19.2. The summed E-state index contributed by atoms with van der Waals surface area (Å²) in [5.74, 6) is 3.16. The molecule has 3 unspecified atom stereocenters. The Labute approximate surface area is 164 Å². The molecule has 4 aliphatic rings. The van der Waals surface area contributed by atoms with Gasteiger partial charge in [0.25, 0.3) is 0 Å². The number of carbonyl (C=O) groups is 2. The van der Waals surface area contributed by atoms with Gasteiger partial charge in [-0.1, -0.05) is 32.4 Å². The second kappa shape index (κ2) is 6.46. The maximum Gasteiger partial charge on any atom is 0.302 e. The molecule has 0 saturated heterocycles. The average Bonchev–Trinajstić information content (AvgIpc) is 2.85. The molecule has 3 saturated carbocycles. The number of esters is 1. The molecule has 0 aromatic rings. The number of ketones is 1. The molecule has 0 amide bonds. The Bertz CT molecular complexity index is 679. The molecule has 3 fully saturated rings. The van der Waals surface area contributed by atoms with Crippen LogP contribution in [-0.2, 0) is 14.3 Å². The second-order valence-electron chi connectivity index (χ2n) is 10.6. The molecule has 0 heterocycles. The van der Waals surface area contributed by atoms with E-state index in [0.29, 0.717) is 17.6 Å². The molecule has 150 valence electrons. The highest BCUT2D eigenvalue weighted by molar-refractivity contribution is 5.80. The van der Waals surface area contributed by atoms with Gasteiger partial charge in [0.2, 0.25) is 0 Å². The topological polar surface area (TPSA) is 43.4 Å². The Balaban J connectivity index is 1.61. The van der Waals surface area contributed by atoms with Crippen LogP contribution in [0.15, 0.2) is 11.6 Å². The molecule has 4 rings (SSSR count). The Morgan fingerprint density at radius 3 is 2.52 bits per heavy atom. The van der Waals surface area contributed by atoms with E-state index in [1.165, 1.54) is 26.2 Å². The first-order valence-corrected chi connectivity index (χ1v) is 11.0. The predicted molar refractivity (Wildman–Crippen MR) is 106 cm³/mol. The summed E-state index contributed by atoms with van der Waals surface area (Å²) in [6, 6.07) is 0. The van der Waals surface area contributed by atoms with E-state index in [-0.39, 0.29) is 28.8 Å². The van der Waals surface area contributed by atoms with Gasteiger partial charge in [-0.25, -0.2) is 0 Å². The summed E-state index contributed by atoms with van der Waals surface area (Å²) in [6.07, 6.45) is 10.4. The largest absolute Gasteiger partial charge is 0.462 e. The van der Waals surface area contributed by atoms with Crippen LogP contribution < -0.4 is 0 Å². The number of Topliss-reactive ketones (excluding diaryl/α,β-unsaturated/α-hetero) is 1. The zero-order chi connectivity index (χ0) is 19.6. The first-order chi connectivity index (χ1) is 12.7. The van der Waals surface area contributed by atoms with E-state index in [1.807, 2.05) is 6.92 Å². The van der Waals surface area contributed by atoms with Crippen LogP contribution in [-0.4, -0.2) is 17.9 Å². The van der Waals surface area contributed by atoms with Gasteiger partial charge in [-0.05, 0) is 80.0 Å². The Morgan fingerprint density at radius 2 is 1.85 bits per heavy atom. The van der Waals surface area contributed by atoms with Crippen LogP contribution in [0.25, 0.3) is 0 Å². The van der Waals surface area contributed by atoms with E-state index in [0.717, 1.165) is 37.5 Å².